The van der Waals surface area contributed by atoms with Gasteiger partial charge in [-0.15, -0.1) is 20.2 Å². The van der Waals surface area contributed by atoms with E-state index in [9.17, 15) is 29.8 Å². The van der Waals surface area contributed by atoms with Crippen LogP contribution in [0.4, 0.5) is 0 Å². The van der Waals surface area contributed by atoms with E-state index in [0.717, 1.165) is 0 Å². The molecule has 0 saturated heterocycles. The zero-order valence-electron chi connectivity index (χ0n) is 11.6. The molecule has 124 valence electrons. The lowest BCUT2D eigenvalue weighted by molar-refractivity contribution is -0.797. The van der Waals surface area contributed by atoms with Gasteiger partial charge in [0.2, 0.25) is 5.91 Å². The smallest absolute Gasteiger partial charge is 0.325 e. The van der Waals surface area contributed by atoms with Crippen LogP contribution in [0.3, 0.4) is 0 Å². The molecule has 1 amide bonds. The predicted molar refractivity (Wildman–Crippen MR) is 66.1 cm³/mol. The van der Waals surface area contributed by atoms with Crippen molar-refractivity contribution in [1.82, 2.24) is 5.32 Å². The lowest BCUT2D eigenvalue weighted by atomic mass is 10.1. The Kier molecular flexibility index (Phi) is 6.28. The third-order valence-corrected chi connectivity index (χ3v) is 2.97. The summed E-state index contributed by atoms with van der Waals surface area (Å²) in [4.78, 5) is 52.2. The van der Waals surface area contributed by atoms with Gasteiger partial charge in [-0.3, -0.25) is 9.59 Å². The molecule has 0 radical (unpaired) electrons. The molecule has 0 bridgehead atoms. The lowest BCUT2D eigenvalue weighted by Gasteiger charge is -2.14. The number of nitrogens with zero attached hydrogens (tertiary/aromatic N) is 2. The molecule has 0 heterocycles. The summed E-state index contributed by atoms with van der Waals surface area (Å²) in [6.07, 6.45) is -2.71. The Morgan fingerprint density at radius 2 is 1.64 bits per heavy atom. The summed E-state index contributed by atoms with van der Waals surface area (Å²) in [5, 5.41) is 20.8. The van der Waals surface area contributed by atoms with Crippen LogP contribution in [0.1, 0.15) is 19.8 Å². The molecule has 0 aromatic heterocycles. The summed E-state index contributed by atoms with van der Waals surface area (Å²) in [6, 6.07) is 0. The summed E-state index contributed by atoms with van der Waals surface area (Å²) >= 11 is 0. The fourth-order valence-corrected chi connectivity index (χ4v) is 2.13. The van der Waals surface area contributed by atoms with Crippen molar-refractivity contribution >= 4 is 11.9 Å². The first-order chi connectivity index (χ1) is 10.3. The van der Waals surface area contributed by atoms with Crippen molar-refractivity contribution in [3.05, 3.63) is 20.2 Å². The zero-order chi connectivity index (χ0) is 16.7. The van der Waals surface area contributed by atoms with E-state index in [1.807, 2.05) is 0 Å². The molecule has 1 saturated carbocycles. The van der Waals surface area contributed by atoms with Gasteiger partial charge < -0.3 is 19.7 Å². The lowest BCUT2D eigenvalue weighted by Crippen LogP contribution is -2.35. The van der Waals surface area contributed by atoms with Gasteiger partial charge in [0.15, 0.2) is 0 Å². The molecule has 0 unspecified atom stereocenters. The third-order valence-electron chi connectivity index (χ3n) is 2.97. The normalized spacial score (nSPS) is 23.4. The summed E-state index contributed by atoms with van der Waals surface area (Å²) in [7, 11) is 0. The third kappa shape index (κ3) is 5.38. The van der Waals surface area contributed by atoms with Gasteiger partial charge in [0.05, 0.1) is 6.61 Å². The van der Waals surface area contributed by atoms with Crippen LogP contribution < -0.4 is 5.32 Å². The van der Waals surface area contributed by atoms with Crippen molar-refractivity contribution < 1.29 is 34.2 Å². The van der Waals surface area contributed by atoms with Crippen LogP contribution in [0.5, 0.6) is 0 Å². The predicted octanol–water partition coefficient (Wildman–Crippen LogP) is -0.770. The minimum atomic E-state index is -1.22. The number of hydrogen-bond acceptors (Lipinski definition) is 9. The van der Waals surface area contributed by atoms with Crippen LogP contribution in [-0.4, -0.2) is 47.4 Å². The number of carbonyl (C=O) groups is 2. The van der Waals surface area contributed by atoms with E-state index in [4.69, 9.17) is 0 Å². The molecule has 12 nitrogen and oxygen atoms in total. The zero-order valence-corrected chi connectivity index (χ0v) is 11.6. The van der Waals surface area contributed by atoms with Crippen molar-refractivity contribution in [3.8, 4) is 0 Å². The second kappa shape index (κ2) is 7.95. The maximum absolute atomic E-state index is 11.8. The molecular formula is C10H15N3O9. The van der Waals surface area contributed by atoms with E-state index < -0.39 is 40.2 Å². The molecule has 1 rings (SSSR count). The Hall–Kier alpha value is -2.66. The highest BCUT2D eigenvalue weighted by Crippen LogP contribution is 2.31. The average Bonchev–Trinajstić information content (AvgIpc) is 2.78. The maximum atomic E-state index is 11.8. The van der Waals surface area contributed by atoms with Crippen molar-refractivity contribution in [3.63, 3.8) is 0 Å². The van der Waals surface area contributed by atoms with Crippen LogP contribution in [0.15, 0.2) is 0 Å². The van der Waals surface area contributed by atoms with Crippen LogP contribution in [0.25, 0.3) is 0 Å². The van der Waals surface area contributed by atoms with E-state index in [-0.39, 0.29) is 26.0 Å². The van der Waals surface area contributed by atoms with Crippen molar-refractivity contribution in [2.75, 3.05) is 13.2 Å². The Balaban J connectivity index is 2.56. The van der Waals surface area contributed by atoms with E-state index in [1.54, 1.807) is 6.92 Å². The first-order valence-corrected chi connectivity index (χ1v) is 6.39. The van der Waals surface area contributed by atoms with Crippen LogP contribution in [-0.2, 0) is 24.0 Å². The Morgan fingerprint density at radius 1 is 1.14 bits per heavy atom. The number of carbonyl (C=O) groups excluding carboxylic acids is 2. The second-order valence-electron chi connectivity index (χ2n) is 4.43. The summed E-state index contributed by atoms with van der Waals surface area (Å²) < 4.78 is 4.62. The number of hydrogen-bond donors (Lipinski definition) is 1. The van der Waals surface area contributed by atoms with Gasteiger partial charge in [-0.05, 0) is 19.8 Å². The average molecular weight is 321 g/mol. The highest BCUT2D eigenvalue weighted by atomic mass is 17.0. The molecular weight excluding hydrogens is 306 g/mol. The molecule has 3 atom stereocenters. The number of amides is 1. The fraction of sp³-hybridized carbons (Fsp3) is 0.800. The van der Waals surface area contributed by atoms with Gasteiger partial charge in [0, 0.05) is 5.92 Å². The Labute approximate surface area is 123 Å². The first kappa shape index (κ1) is 17.4. The van der Waals surface area contributed by atoms with Gasteiger partial charge in [0.25, 0.3) is 10.2 Å². The number of esters is 1. The van der Waals surface area contributed by atoms with Gasteiger partial charge in [-0.1, -0.05) is 0 Å². The van der Waals surface area contributed by atoms with E-state index in [1.165, 1.54) is 0 Å². The highest BCUT2D eigenvalue weighted by Gasteiger charge is 2.42. The maximum Gasteiger partial charge on any atom is 0.325 e. The molecule has 1 aliphatic carbocycles. The molecule has 22 heavy (non-hydrogen) atoms. The number of rotatable bonds is 8. The van der Waals surface area contributed by atoms with Crippen molar-refractivity contribution in [2.24, 2.45) is 5.92 Å². The van der Waals surface area contributed by atoms with E-state index >= 15 is 0 Å². The van der Waals surface area contributed by atoms with Crippen molar-refractivity contribution in [1.29, 1.82) is 0 Å². The van der Waals surface area contributed by atoms with Crippen LogP contribution in [0.2, 0.25) is 0 Å². The van der Waals surface area contributed by atoms with E-state index in [2.05, 4.69) is 19.7 Å². The Bertz CT molecular complexity index is 431. The standard InChI is InChI=1S/C10H15N3O9/c1-2-20-9(14)5-11-10(15)6-3-7(21-12(16)17)8(4-6)22-13(18)19/h6-8H,2-5H2,1H3,(H,11,15)/t6-,7+,8-. The monoisotopic (exact) mass is 321 g/mol. The molecule has 1 aliphatic rings. The Morgan fingerprint density at radius 3 is 2.05 bits per heavy atom. The minimum Gasteiger partial charge on any atom is -0.465 e. The molecule has 1 N–H and O–H groups in total. The fourth-order valence-electron chi connectivity index (χ4n) is 2.13. The first-order valence-electron chi connectivity index (χ1n) is 6.39. The molecule has 0 aromatic rings. The summed E-state index contributed by atoms with van der Waals surface area (Å²) in [5.74, 6) is -2.02. The van der Waals surface area contributed by atoms with Crippen LogP contribution in [0, 0.1) is 26.1 Å². The topological polar surface area (TPSA) is 160 Å². The largest absolute Gasteiger partial charge is 0.465 e. The SMILES string of the molecule is CCOC(=O)CNC(=O)[C@@H]1C[C@H](O[N+](=O)[O-])[C@H](O[N+](=O)[O-])C1. The quantitative estimate of drug-likeness (QED) is 0.344. The molecule has 0 spiro atoms. The van der Waals surface area contributed by atoms with Gasteiger partial charge in [0.1, 0.15) is 18.8 Å². The van der Waals surface area contributed by atoms with Crippen molar-refractivity contribution in [2.45, 2.75) is 32.0 Å². The van der Waals surface area contributed by atoms with E-state index in [0.29, 0.717) is 0 Å². The summed E-state index contributed by atoms with van der Waals surface area (Å²) in [5.41, 5.74) is 0. The number of ether oxygens (including phenoxy) is 1. The minimum absolute atomic E-state index is 0.131. The van der Waals surface area contributed by atoms with Crippen LogP contribution >= 0.6 is 0 Å². The highest BCUT2D eigenvalue weighted by molar-refractivity contribution is 5.83. The van der Waals surface area contributed by atoms with Gasteiger partial charge in [-0.25, -0.2) is 0 Å². The van der Waals surface area contributed by atoms with Gasteiger partial charge in [-0.2, -0.15) is 0 Å². The summed E-state index contributed by atoms with van der Waals surface area (Å²) in [6.45, 7) is 1.41. The molecule has 12 heteroatoms. The molecule has 0 aliphatic heterocycles. The molecule has 1 fully saturated rings. The molecule has 0 aromatic carbocycles. The van der Waals surface area contributed by atoms with Gasteiger partial charge >= 0.3 is 5.97 Å². The second-order valence-corrected chi connectivity index (χ2v) is 4.43. The number of nitrogens with one attached hydrogen (secondary N) is 1.